The number of nitrogens with zero attached hydrogens (tertiary/aromatic N) is 2. The first kappa shape index (κ1) is 17.0. The third-order valence-corrected chi connectivity index (χ3v) is 5.77. The van der Waals surface area contributed by atoms with Gasteiger partial charge in [-0.2, -0.15) is 4.31 Å². The number of sulfonamides is 1. The Morgan fingerprint density at radius 1 is 1.09 bits per heavy atom. The third-order valence-electron chi connectivity index (χ3n) is 3.92. The van der Waals surface area contributed by atoms with Crippen LogP contribution in [-0.2, 0) is 20.6 Å². The van der Waals surface area contributed by atoms with Gasteiger partial charge in [-0.3, -0.25) is 4.79 Å². The number of rotatable bonds is 5. The molecular weight excluding hydrogens is 300 g/mol. The van der Waals surface area contributed by atoms with Crippen LogP contribution >= 0.6 is 0 Å². The van der Waals surface area contributed by atoms with Gasteiger partial charge in [0.25, 0.3) is 0 Å². The van der Waals surface area contributed by atoms with Crippen LogP contribution in [0, 0.1) is 6.92 Å². The van der Waals surface area contributed by atoms with Crippen LogP contribution in [0.1, 0.15) is 30.9 Å². The minimum atomic E-state index is -3.32. The molecule has 5 nitrogen and oxygen atoms in total. The van der Waals surface area contributed by atoms with Gasteiger partial charge in [0.05, 0.1) is 5.75 Å². The van der Waals surface area contributed by atoms with Crippen LogP contribution in [0.15, 0.2) is 24.3 Å². The number of amides is 1. The summed E-state index contributed by atoms with van der Waals surface area (Å²) >= 11 is 0. The van der Waals surface area contributed by atoms with Crippen LogP contribution < -0.4 is 0 Å². The smallest absolute Gasteiger partial charge is 0.222 e. The Kier molecular flexibility index (Phi) is 5.58. The molecule has 0 aliphatic carbocycles. The van der Waals surface area contributed by atoms with Crippen LogP contribution in [-0.4, -0.2) is 49.7 Å². The summed E-state index contributed by atoms with van der Waals surface area (Å²) in [5.41, 5.74) is 1.92. The van der Waals surface area contributed by atoms with Crippen LogP contribution in [0.5, 0.6) is 0 Å². The molecule has 1 heterocycles. The normalized spacial score (nSPS) is 16.7. The zero-order chi connectivity index (χ0) is 16.2. The zero-order valence-corrected chi connectivity index (χ0v) is 14.1. The lowest BCUT2D eigenvalue weighted by atomic mass is 10.2. The van der Waals surface area contributed by atoms with Crippen molar-refractivity contribution < 1.29 is 13.2 Å². The van der Waals surface area contributed by atoms with E-state index in [0.29, 0.717) is 32.6 Å². The summed E-state index contributed by atoms with van der Waals surface area (Å²) in [6.07, 6.45) is 1.36. The standard InChI is InChI=1S/C16H24N2O3S/c1-3-4-16(19)17-9-11-18(12-10-17)22(20,21)13-15-7-5-14(2)6-8-15/h5-8H,3-4,9-13H2,1-2H3. The summed E-state index contributed by atoms with van der Waals surface area (Å²) in [6, 6.07) is 7.56. The average molecular weight is 324 g/mol. The molecule has 1 aliphatic heterocycles. The number of carbonyl (C=O) groups excluding carboxylic acids is 1. The quantitative estimate of drug-likeness (QED) is 0.829. The molecular formula is C16H24N2O3S. The van der Waals surface area contributed by atoms with E-state index in [0.717, 1.165) is 17.5 Å². The molecule has 0 aromatic heterocycles. The summed E-state index contributed by atoms with van der Waals surface area (Å²) in [4.78, 5) is 13.6. The number of aryl methyl sites for hydroxylation is 1. The van der Waals surface area contributed by atoms with Crippen molar-refractivity contribution in [3.63, 3.8) is 0 Å². The lowest BCUT2D eigenvalue weighted by Gasteiger charge is -2.34. The predicted octanol–water partition coefficient (Wildman–Crippen LogP) is 1.77. The maximum atomic E-state index is 12.5. The fourth-order valence-electron chi connectivity index (χ4n) is 2.57. The van der Waals surface area contributed by atoms with Crippen LogP contribution in [0.3, 0.4) is 0 Å². The molecule has 122 valence electrons. The molecule has 0 spiro atoms. The largest absolute Gasteiger partial charge is 0.340 e. The maximum Gasteiger partial charge on any atom is 0.222 e. The topological polar surface area (TPSA) is 57.7 Å². The van der Waals surface area contributed by atoms with E-state index in [4.69, 9.17) is 0 Å². The zero-order valence-electron chi connectivity index (χ0n) is 13.3. The molecule has 1 fully saturated rings. The van der Waals surface area contributed by atoms with Gasteiger partial charge in [0.2, 0.25) is 15.9 Å². The maximum absolute atomic E-state index is 12.5. The molecule has 0 bridgehead atoms. The predicted molar refractivity (Wildman–Crippen MR) is 86.9 cm³/mol. The summed E-state index contributed by atoms with van der Waals surface area (Å²) < 4.78 is 26.4. The van der Waals surface area contributed by atoms with Crippen LogP contribution in [0.25, 0.3) is 0 Å². The van der Waals surface area contributed by atoms with E-state index in [1.54, 1.807) is 4.90 Å². The molecule has 1 aromatic carbocycles. The third kappa shape index (κ3) is 4.30. The monoisotopic (exact) mass is 324 g/mol. The van der Waals surface area contributed by atoms with E-state index in [2.05, 4.69) is 0 Å². The number of hydrogen-bond donors (Lipinski definition) is 0. The van der Waals surface area contributed by atoms with Gasteiger partial charge in [-0.15, -0.1) is 0 Å². The van der Waals surface area contributed by atoms with Gasteiger partial charge in [-0.05, 0) is 18.9 Å². The van der Waals surface area contributed by atoms with Crippen molar-refractivity contribution in [1.82, 2.24) is 9.21 Å². The molecule has 0 N–H and O–H groups in total. The fraction of sp³-hybridized carbons (Fsp3) is 0.562. The highest BCUT2D eigenvalue weighted by Crippen LogP contribution is 2.15. The fourth-order valence-corrected chi connectivity index (χ4v) is 4.09. The van der Waals surface area contributed by atoms with E-state index in [1.165, 1.54) is 4.31 Å². The van der Waals surface area contributed by atoms with E-state index in [-0.39, 0.29) is 11.7 Å². The van der Waals surface area contributed by atoms with E-state index in [1.807, 2.05) is 38.1 Å². The van der Waals surface area contributed by atoms with Gasteiger partial charge in [-0.1, -0.05) is 36.8 Å². The van der Waals surface area contributed by atoms with Crippen molar-refractivity contribution in [2.75, 3.05) is 26.2 Å². The molecule has 0 saturated carbocycles. The number of hydrogen-bond acceptors (Lipinski definition) is 3. The van der Waals surface area contributed by atoms with E-state index in [9.17, 15) is 13.2 Å². The van der Waals surface area contributed by atoms with Gasteiger partial charge in [0.1, 0.15) is 0 Å². The Bertz CT molecular complexity index is 603. The van der Waals surface area contributed by atoms with Gasteiger partial charge >= 0.3 is 0 Å². The molecule has 6 heteroatoms. The Balaban J connectivity index is 1.94. The van der Waals surface area contributed by atoms with Crippen molar-refractivity contribution in [2.24, 2.45) is 0 Å². The molecule has 2 rings (SSSR count). The van der Waals surface area contributed by atoms with Crippen molar-refractivity contribution in [2.45, 2.75) is 32.4 Å². The second-order valence-electron chi connectivity index (χ2n) is 5.77. The lowest BCUT2D eigenvalue weighted by molar-refractivity contribution is -0.132. The van der Waals surface area contributed by atoms with Gasteiger partial charge in [0, 0.05) is 32.6 Å². The average Bonchev–Trinajstić information content (AvgIpc) is 2.50. The Labute approximate surface area is 133 Å². The van der Waals surface area contributed by atoms with Crippen molar-refractivity contribution in [1.29, 1.82) is 0 Å². The molecule has 0 unspecified atom stereocenters. The minimum absolute atomic E-state index is 0.0240. The lowest BCUT2D eigenvalue weighted by Crippen LogP contribution is -2.50. The minimum Gasteiger partial charge on any atom is -0.340 e. The van der Waals surface area contributed by atoms with Crippen molar-refractivity contribution >= 4 is 15.9 Å². The number of benzene rings is 1. The summed E-state index contributed by atoms with van der Waals surface area (Å²) in [6.45, 7) is 5.72. The van der Waals surface area contributed by atoms with E-state index >= 15 is 0 Å². The second-order valence-corrected chi connectivity index (χ2v) is 7.74. The Morgan fingerprint density at radius 2 is 1.68 bits per heavy atom. The molecule has 1 aliphatic rings. The highest BCUT2D eigenvalue weighted by atomic mass is 32.2. The summed E-state index contributed by atoms with van der Waals surface area (Å²) in [5.74, 6) is 0.147. The SMILES string of the molecule is CCCC(=O)N1CCN(S(=O)(=O)Cc2ccc(C)cc2)CC1. The molecule has 0 atom stereocenters. The molecule has 1 saturated heterocycles. The second kappa shape index (κ2) is 7.24. The van der Waals surface area contributed by atoms with Gasteiger partial charge in [-0.25, -0.2) is 8.42 Å². The molecule has 1 aromatic rings. The molecule has 1 amide bonds. The Hall–Kier alpha value is -1.40. The summed E-state index contributed by atoms with van der Waals surface area (Å²) in [7, 11) is -3.32. The first-order valence-corrected chi connectivity index (χ1v) is 9.34. The number of piperazine rings is 1. The number of carbonyl (C=O) groups is 1. The van der Waals surface area contributed by atoms with Gasteiger partial charge in [0.15, 0.2) is 0 Å². The van der Waals surface area contributed by atoms with Crippen LogP contribution in [0.4, 0.5) is 0 Å². The highest BCUT2D eigenvalue weighted by Gasteiger charge is 2.28. The highest BCUT2D eigenvalue weighted by molar-refractivity contribution is 7.88. The summed E-state index contributed by atoms with van der Waals surface area (Å²) in [5, 5.41) is 0. The van der Waals surface area contributed by atoms with Crippen molar-refractivity contribution in [3.8, 4) is 0 Å². The van der Waals surface area contributed by atoms with Crippen molar-refractivity contribution in [3.05, 3.63) is 35.4 Å². The first-order chi connectivity index (χ1) is 10.4. The first-order valence-electron chi connectivity index (χ1n) is 7.73. The van der Waals surface area contributed by atoms with Gasteiger partial charge < -0.3 is 4.90 Å². The van der Waals surface area contributed by atoms with Crippen LogP contribution in [0.2, 0.25) is 0 Å². The molecule has 0 radical (unpaired) electrons. The Morgan fingerprint density at radius 3 is 2.23 bits per heavy atom. The molecule has 22 heavy (non-hydrogen) atoms. The van der Waals surface area contributed by atoms with E-state index < -0.39 is 10.0 Å².